The Morgan fingerprint density at radius 1 is 1.19 bits per heavy atom. The summed E-state index contributed by atoms with van der Waals surface area (Å²) >= 11 is 0. The maximum atomic E-state index is 11.1. The highest BCUT2D eigenvalue weighted by Crippen LogP contribution is 2.37. The molecule has 7 heteroatoms. The highest BCUT2D eigenvalue weighted by molar-refractivity contribution is 5.93. The van der Waals surface area contributed by atoms with Crippen LogP contribution in [-0.2, 0) is 0 Å². The van der Waals surface area contributed by atoms with Crippen molar-refractivity contribution in [2.24, 2.45) is 0 Å². The molecule has 2 aliphatic rings. The minimum atomic E-state index is -0.879. The molecule has 0 atom stereocenters. The van der Waals surface area contributed by atoms with Crippen LogP contribution in [0.4, 0.5) is 4.79 Å². The van der Waals surface area contributed by atoms with Gasteiger partial charge in [0.1, 0.15) is 5.65 Å². The summed E-state index contributed by atoms with van der Waals surface area (Å²) in [4.78, 5) is 20.3. The van der Waals surface area contributed by atoms with Gasteiger partial charge in [0.25, 0.3) is 0 Å². The number of hydrogen-bond acceptors (Lipinski definition) is 4. The lowest BCUT2D eigenvalue weighted by molar-refractivity contribution is 0.150. The van der Waals surface area contributed by atoms with Crippen LogP contribution >= 0.6 is 0 Å². The van der Waals surface area contributed by atoms with E-state index in [0.717, 1.165) is 44.8 Å². The number of nitrogens with one attached hydrogen (secondary N) is 1. The Bertz CT molecular complexity index is 1090. The summed E-state index contributed by atoms with van der Waals surface area (Å²) in [6, 6.07) is 7.97. The third kappa shape index (κ3) is 2.68. The second-order valence-electron chi connectivity index (χ2n) is 6.60. The molecule has 136 valence electrons. The number of hydrogen-bond donors (Lipinski definition) is 2. The van der Waals surface area contributed by atoms with E-state index in [4.69, 9.17) is 14.6 Å². The molecule has 1 aromatic carbocycles. The number of amides is 1. The number of aromatic nitrogens is 2. The molecule has 0 saturated carbocycles. The molecule has 0 aliphatic carbocycles. The fourth-order valence-electron chi connectivity index (χ4n) is 3.59. The largest absolute Gasteiger partial charge is 0.465 e. The normalized spacial score (nSPS) is 15.9. The van der Waals surface area contributed by atoms with E-state index in [-0.39, 0.29) is 6.79 Å². The van der Waals surface area contributed by atoms with Crippen LogP contribution in [0.25, 0.3) is 27.7 Å². The lowest BCUT2D eigenvalue weighted by atomic mass is 9.98. The second kappa shape index (κ2) is 6.05. The van der Waals surface area contributed by atoms with Gasteiger partial charge in [-0.3, -0.25) is 0 Å². The molecule has 0 fully saturated rings. The van der Waals surface area contributed by atoms with Crippen molar-refractivity contribution in [3.63, 3.8) is 0 Å². The van der Waals surface area contributed by atoms with E-state index in [0.29, 0.717) is 19.5 Å². The maximum absolute atomic E-state index is 11.1. The lowest BCUT2D eigenvalue weighted by Gasteiger charge is -2.23. The van der Waals surface area contributed by atoms with Crippen LogP contribution < -0.4 is 9.47 Å². The summed E-state index contributed by atoms with van der Waals surface area (Å²) < 4.78 is 10.8. The van der Waals surface area contributed by atoms with Gasteiger partial charge in [-0.15, -0.1) is 0 Å². The molecule has 4 heterocycles. The van der Waals surface area contributed by atoms with Gasteiger partial charge in [-0.05, 0) is 35.8 Å². The fraction of sp³-hybridized carbons (Fsp3) is 0.200. The average Bonchev–Trinajstić information content (AvgIpc) is 3.33. The van der Waals surface area contributed by atoms with Crippen molar-refractivity contribution in [2.45, 2.75) is 6.42 Å². The summed E-state index contributed by atoms with van der Waals surface area (Å²) in [6.07, 6.45) is 5.57. The molecule has 0 bridgehead atoms. The van der Waals surface area contributed by atoms with E-state index in [1.54, 1.807) is 0 Å². The monoisotopic (exact) mass is 363 g/mol. The number of H-pyrrole nitrogens is 1. The molecule has 3 aromatic rings. The number of benzene rings is 1. The van der Waals surface area contributed by atoms with E-state index in [1.165, 1.54) is 4.90 Å². The summed E-state index contributed by atoms with van der Waals surface area (Å²) in [5.41, 5.74) is 5.03. The Hall–Kier alpha value is -3.48. The molecule has 2 aromatic heterocycles. The van der Waals surface area contributed by atoms with Crippen molar-refractivity contribution in [3.05, 3.63) is 48.3 Å². The first-order valence-electron chi connectivity index (χ1n) is 8.73. The first-order chi connectivity index (χ1) is 13.2. The quantitative estimate of drug-likeness (QED) is 0.724. The molecule has 7 nitrogen and oxygen atoms in total. The molecule has 2 aliphatic heterocycles. The minimum absolute atomic E-state index is 0.250. The summed E-state index contributed by atoms with van der Waals surface area (Å²) in [7, 11) is 0. The van der Waals surface area contributed by atoms with Crippen molar-refractivity contribution < 1.29 is 19.4 Å². The zero-order chi connectivity index (χ0) is 18.4. The van der Waals surface area contributed by atoms with Gasteiger partial charge in [0.2, 0.25) is 6.79 Å². The van der Waals surface area contributed by atoms with Crippen LogP contribution in [0.1, 0.15) is 12.0 Å². The Kier molecular flexibility index (Phi) is 3.53. The number of nitrogens with zero attached hydrogens (tertiary/aromatic N) is 2. The van der Waals surface area contributed by atoms with Gasteiger partial charge < -0.3 is 24.5 Å². The van der Waals surface area contributed by atoms with Crippen molar-refractivity contribution >= 4 is 22.7 Å². The third-order valence-electron chi connectivity index (χ3n) is 5.06. The zero-order valence-electron chi connectivity index (χ0n) is 14.4. The van der Waals surface area contributed by atoms with Crippen molar-refractivity contribution in [1.82, 2.24) is 14.9 Å². The van der Waals surface area contributed by atoms with Gasteiger partial charge in [-0.1, -0.05) is 12.1 Å². The van der Waals surface area contributed by atoms with Gasteiger partial charge in [0.05, 0.1) is 0 Å². The van der Waals surface area contributed by atoms with E-state index >= 15 is 0 Å². The van der Waals surface area contributed by atoms with Gasteiger partial charge in [-0.25, -0.2) is 9.78 Å². The first-order valence-corrected chi connectivity index (χ1v) is 8.73. The van der Waals surface area contributed by atoms with Gasteiger partial charge in [0.15, 0.2) is 11.5 Å². The Labute approximate surface area is 154 Å². The SMILES string of the molecule is O=C(O)N1CC=C(c2c[nH]c3ncc(-c4ccc5c(c4)OCO5)cc23)CC1. The molecular weight excluding hydrogens is 346 g/mol. The maximum Gasteiger partial charge on any atom is 0.407 e. The summed E-state index contributed by atoms with van der Waals surface area (Å²) in [6.45, 7) is 1.16. The van der Waals surface area contributed by atoms with E-state index in [2.05, 4.69) is 16.0 Å². The number of carboxylic acid groups (broad SMARTS) is 1. The smallest absolute Gasteiger partial charge is 0.407 e. The molecule has 1 amide bonds. The van der Waals surface area contributed by atoms with Crippen molar-refractivity contribution in [2.75, 3.05) is 19.9 Å². The van der Waals surface area contributed by atoms with Crippen LogP contribution in [0.5, 0.6) is 11.5 Å². The molecule has 2 N–H and O–H groups in total. The second-order valence-corrected chi connectivity index (χ2v) is 6.60. The third-order valence-corrected chi connectivity index (χ3v) is 5.06. The van der Waals surface area contributed by atoms with E-state index in [1.807, 2.05) is 36.7 Å². The Balaban J connectivity index is 1.53. The molecule has 0 radical (unpaired) electrons. The number of rotatable bonds is 2. The number of aromatic amines is 1. The Morgan fingerprint density at radius 3 is 2.89 bits per heavy atom. The predicted molar refractivity (Wildman–Crippen MR) is 99.8 cm³/mol. The van der Waals surface area contributed by atoms with Crippen LogP contribution in [0, 0.1) is 0 Å². The number of fused-ring (bicyclic) bond motifs is 2. The highest BCUT2D eigenvalue weighted by Gasteiger charge is 2.19. The number of carbonyl (C=O) groups is 1. The van der Waals surface area contributed by atoms with Crippen LogP contribution in [0.3, 0.4) is 0 Å². The topological polar surface area (TPSA) is 87.7 Å². The first kappa shape index (κ1) is 15.7. The fourth-order valence-corrected chi connectivity index (χ4v) is 3.59. The molecule has 5 rings (SSSR count). The van der Waals surface area contributed by atoms with Gasteiger partial charge in [0, 0.05) is 42.0 Å². The summed E-state index contributed by atoms with van der Waals surface area (Å²) in [5.74, 6) is 1.50. The van der Waals surface area contributed by atoms with Crippen molar-refractivity contribution in [3.8, 4) is 22.6 Å². The lowest BCUT2D eigenvalue weighted by Crippen LogP contribution is -2.33. The number of ether oxygens (including phenoxy) is 2. The van der Waals surface area contributed by atoms with Crippen LogP contribution in [-0.4, -0.2) is 46.0 Å². The molecule has 0 unspecified atom stereocenters. The standard InChI is InChI=1S/C20H17N3O4/c24-20(25)23-5-3-12(4-6-23)16-10-22-19-15(16)7-14(9-21-19)13-1-2-17-18(8-13)27-11-26-17/h1-3,7-10H,4-6,11H2,(H,21,22)(H,24,25). The van der Waals surface area contributed by atoms with Crippen molar-refractivity contribution in [1.29, 1.82) is 0 Å². The summed E-state index contributed by atoms with van der Waals surface area (Å²) in [5, 5.41) is 10.1. The average molecular weight is 363 g/mol. The van der Waals surface area contributed by atoms with Crippen LogP contribution in [0.2, 0.25) is 0 Å². The number of pyridine rings is 1. The van der Waals surface area contributed by atoms with Crippen LogP contribution in [0.15, 0.2) is 42.7 Å². The molecule has 0 saturated heterocycles. The molecular formula is C20H17N3O4. The van der Waals surface area contributed by atoms with Gasteiger partial charge in [-0.2, -0.15) is 0 Å². The van der Waals surface area contributed by atoms with E-state index in [9.17, 15) is 4.79 Å². The highest BCUT2D eigenvalue weighted by atomic mass is 16.7. The molecule has 0 spiro atoms. The Morgan fingerprint density at radius 2 is 2.07 bits per heavy atom. The van der Waals surface area contributed by atoms with E-state index < -0.39 is 6.09 Å². The predicted octanol–water partition coefficient (Wildman–Crippen LogP) is 3.73. The minimum Gasteiger partial charge on any atom is -0.465 e. The zero-order valence-corrected chi connectivity index (χ0v) is 14.4. The molecule has 27 heavy (non-hydrogen) atoms. The van der Waals surface area contributed by atoms with Gasteiger partial charge >= 0.3 is 6.09 Å².